The summed E-state index contributed by atoms with van der Waals surface area (Å²) in [6.45, 7) is 4.28. The lowest BCUT2D eigenvalue weighted by atomic mass is 9.89. The zero-order valence-electron chi connectivity index (χ0n) is 13.1. The summed E-state index contributed by atoms with van der Waals surface area (Å²) in [5, 5.41) is 3.91. The molecular weight excluding hydrogens is 297 g/mol. The average Bonchev–Trinajstić information content (AvgIpc) is 3.18. The number of halogens is 1. The molecule has 6 heteroatoms. The third kappa shape index (κ3) is 3.01. The fourth-order valence-corrected chi connectivity index (χ4v) is 3.72. The van der Waals surface area contributed by atoms with E-state index in [2.05, 4.69) is 15.0 Å². The van der Waals surface area contributed by atoms with Crippen LogP contribution in [-0.2, 0) is 11.3 Å². The third-order valence-corrected chi connectivity index (χ3v) is 4.81. The van der Waals surface area contributed by atoms with Gasteiger partial charge in [-0.2, -0.15) is 4.98 Å². The lowest BCUT2D eigenvalue weighted by Gasteiger charge is -2.39. The quantitative estimate of drug-likeness (QED) is 0.871. The average molecular weight is 317 g/mol. The monoisotopic (exact) mass is 317 g/mol. The second kappa shape index (κ2) is 6.02. The van der Waals surface area contributed by atoms with E-state index in [0.29, 0.717) is 17.8 Å². The number of aryl methyl sites for hydroxylation is 1. The van der Waals surface area contributed by atoms with Crippen LogP contribution in [0.1, 0.15) is 36.0 Å². The van der Waals surface area contributed by atoms with E-state index in [1.165, 1.54) is 12.1 Å². The van der Waals surface area contributed by atoms with Gasteiger partial charge in [-0.05, 0) is 37.5 Å². The van der Waals surface area contributed by atoms with E-state index in [4.69, 9.17) is 9.26 Å². The Morgan fingerprint density at radius 2 is 2.13 bits per heavy atom. The first-order valence-corrected chi connectivity index (χ1v) is 8.09. The van der Waals surface area contributed by atoms with Crippen molar-refractivity contribution in [1.29, 1.82) is 0 Å². The van der Waals surface area contributed by atoms with Gasteiger partial charge >= 0.3 is 0 Å². The molecule has 0 N–H and O–H groups in total. The van der Waals surface area contributed by atoms with Gasteiger partial charge in [-0.3, -0.25) is 4.90 Å². The number of likely N-dealkylation sites (tertiary alicyclic amines) is 1. The topological polar surface area (TPSA) is 51.4 Å². The molecule has 122 valence electrons. The Hall–Kier alpha value is -1.79. The van der Waals surface area contributed by atoms with Gasteiger partial charge in [-0.15, -0.1) is 0 Å². The van der Waals surface area contributed by atoms with E-state index in [1.807, 2.05) is 19.1 Å². The minimum absolute atomic E-state index is 0.191. The first kappa shape index (κ1) is 14.8. The van der Waals surface area contributed by atoms with E-state index in [9.17, 15) is 4.39 Å². The van der Waals surface area contributed by atoms with Gasteiger partial charge in [-0.1, -0.05) is 17.3 Å². The van der Waals surface area contributed by atoms with Crippen molar-refractivity contribution in [3.8, 4) is 0 Å². The van der Waals surface area contributed by atoms with Gasteiger partial charge in [-0.25, -0.2) is 4.39 Å². The molecule has 4 rings (SSSR count). The van der Waals surface area contributed by atoms with Gasteiger partial charge in [0.05, 0.1) is 12.0 Å². The van der Waals surface area contributed by atoms with Crippen LogP contribution in [0.2, 0.25) is 0 Å². The third-order valence-electron chi connectivity index (χ3n) is 4.81. The van der Waals surface area contributed by atoms with E-state index < -0.39 is 0 Å². The summed E-state index contributed by atoms with van der Waals surface area (Å²) in [6, 6.07) is 7.14. The number of ether oxygens (including phenoxy) is 1. The van der Waals surface area contributed by atoms with E-state index >= 15 is 0 Å². The summed E-state index contributed by atoms with van der Waals surface area (Å²) in [5.41, 5.74) is 1.11. The maximum Gasteiger partial charge on any atom is 0.231 e. The van der Waals surface area contributed by atoms with Crippen LogP contribution < -0.4 is 0 Å². The van der Waals surface area contributed by atoms with Gasteiger partial charge in [0, 0.05) is 25.7 Å². The number of rotatable bonds is 3. The van der Waals surface area contributed by atoms with Crippen molar-refractivity contribution in [1.82, 2.24) is 15.0 Å². The first-order chi connectivity index (χ1) is 11.2. The standard InChI is InChI=1S/C17H20FN3O2/c1-11-19-17(23-20-11)13-8-16-15(6-7-22-16)21(10-13)9-12-2-4-14(18)5-3-12/h2-5,13,15-16H,6-10H2,1H3/t13-,15+,16+/m0/s1. The van der Waals surface area contributed by atoms with Gasteiger partial charge in [0.15, 0.2) is 5.82 Å². The minimum Gasteiger partial charge on any atom is -0.377 e. The summed E-state index contributed by atoms with van der Waals surface area (Å²) in [6.07, 6.45) is 2.18. The van der Waals surface area contributed by atoms with Crippen LogP contribution in [0.5, 0.6) is 0 Å². The largest absolute Gasteiger partial charge is 0.377 e. The molecule has 2 aromatic rings. The Kier molecular flexibility index (Phi) is 3.87. The zero-order chi connectivity index (χ0) is 15.8. The van der Waals surface area contributed by atoms with Crippen molar-refractivity contribution < 1.29 is 13.7 Å². The molecule has 2 fully saturated rings. The van der Waals surface area contributed by atoms with Gasteiger partial charge in [0.2, 0.25) is 5.89 Å². The number of hydrogen-bond acceptors (Lipinski definition) is 5. The molecule has 0 spiro atoms. The van der Waals surface area contributed by atoms with E-state index in [1.54, 1.807) is 0 Å². The Bertz CT molecular complexity index is 673. The number of benzene rings is 1. The van der Waals surface area contributed by atoms with Crippen LogP contribution >= 0.6 is 0 Å². The van der Waals surface area contributed by atoms with Gasteiger partial charge < -0.3 is 9.26 Å². The molecule has 5 nitrogen and oxygen atoms in total. The summed E-state index contributed by atoms with van der Waals surface area (Å²) in [4.78, 5) is 6.81. The minimum atomic E-state index is -0.200. The smallest absolute Gasteiger partial charge is 0.231 e. The summed E-state index contributed by atoms with van der Waals surface area (Å²) in [7, 11) is 0. The lowest BCUT2D eigenvalue weighted by molar-refractivity contribution is 0.00846. The Morgan fingerprint density at radius 1 is 1.30 bits per heavy atom. The molecule has 3 atom stereocenters. The van der Waals surface area contributed by atoms with Crippen LogP contribution in [0.4, 0.5) is 4.39 Å². The van der Waals surface area contributed by atoms with Crippen LogP contribution in [0.3, 0.4) is 0 Å². The molecule has 0 amide bonds. The van der Waals surface area contributed by atoms with Gasteiger partial charge in [0.25, 0.3) is 0 Å². The predicted molar refractivity (Wildman–Crippen MR) is 81.3 cm³/mol. The molecule has 23 heavy (non-hydrogen) atoms. The van der Waals surface area contributed by atoms with E-state index in [-0.39, 0.29) is 17.8 Å². The van der Waals surface area contributed by atoms with Gasteiger partial charge in [0.1, 0.15) is 5.82 Å². The van der Waals surface area contributed by atoms with Crippen molar-refractivity contribution in [2.45, 2.75) is 44.4 Å². The van der Waals surface area contributed by atoms with Crippen LogP contribution in [0.15, 0.2) is 28.8 Å². The summed E-state index contributed by atoms with van der Waals surface area (Å²) < 4.78 is 24.4. The number of hydrogen-bond donors (Lipinski definition) is 0. The second-order valence-electron chi connectivity index (χ2n) is 6.43. The highest BCUT2D eigenvalue weighted by atomic mass is 19.1. The Morgan fingerprint density at radius 3 is 2.87 bits per heavy atom. The molecule has 0 bridgehead atoms. The molecule has 2 aliphatic heterocycles. The summed E-state index contributed by atoms with van der Waals surface area (Å²) in [5.74, 6) is 1.35. The maximum absolute atomic E-state index is 13.1. The maximum atomic E-state index is 13.1. The highest BCUT2D eigenvalue weighted by Crippen LogP contribution is 2.36. The van der Waals surface area contributed by atoms with Crippen molar-refractivity contribution in [2.24, 2.45) is 0 Å². The second-order valence-corrected chi connectivity index (χ2v) is 6.43. The zero-order valence-corrected chi connectivity index (χ0v) is 13.1. The van der Waals surface area contributed by atoms with Crippen LogP contribution in [0.25, 0.3) is 0 Å². The molecule has 0 saturated carbocycles. The highest BCUT2D eigenvalue weighted by Gasteiger charge is 2.41. The Balaban J connectivity index is 1.54. The molecule has 1 aromatic carbocycles. The van der Waals surface area contributed by atoms with Crippen molar-refractivity contribution in [3.05, 3.63) is 47.4 Å². The normalized spacial score (nSPS) is 28.0. The first-order valence-electron chi connectivity index (χ1n) is 8.09. The number of piperidine rings is 1. The lowest BCUT2D eigenvalue weighted by Crippen LogP contribution is -2.48. The molecular formula is C17H20FN3O2. The van der Waals surface area contributed by atoms with E-state index in [0.717, 1.165) is 38.1 Å². The number of nitrogens with zero attached hydrogens (tertiary/aromatic N) is 3. The van der Waals surface area contributed by atoms with Crippen molar-refractivity contribution >= 4 is 0 Å². The fourth-order valence-electron chi connectivity index (χ4n) is 3.72. The number of fused-ring (bicyclic) bond motifs is 1. The van der Waals surface area contributed by atoms with Crippen LogP contribution in [-0.4, -0.2) is 40.3 Å². The molecule has 0 radical (unpaired) electrons. The Labute approximate surface area is 134 Å². The van der Waals surface area contributed by atoms with Crippen molar-refractivity contribution in [3.63, 3.8) is 0 Å². The van der Waals surface area contributed by atoms with Crippen molar-refractivity contribution in [2.75, 3.05) is 13.2 Å². The predicted octanol–water partition coefficient (Wildman–Crippen LogP) is 2.66. The number of aromatic nitrogens is 2. The fraction of sp³-hybridized carbons (Fsp3) is 0.529. The molecule has 2 aliphatic rings. The molecule has 0 unspecified atom stereocenters. The molecule has 0 aliphatic carbocycles. The molecule has 1 aromatic heterocycles. The SMILES string of the molecule is Cc1noc([C@H]2C[C@H]3OCC[C@H]3N(Cc3ccc(F)cc3)C2)n1. The highest BCUT2D eigenvalue weighted by molar-refractivity contribution is 5.17. The van der Waals surface area contributed by atoms with Crippen LogP contribution in [0, 0.1) is 12.7 Å². The molecule has 3 heterocycles. The molecule has 2 saturated heterocycles. The summed E-state index contributed by atoms with van der Waals surface area (Å²) >= 11 is 0.